The molecule has 4 rings (SSSR count). The van der Waals surface area contributed by atoms with Crippen molar-refractivity contribution in [2.24, 2.45) is 0 Å². The molecule has 0 fully saturated rings. The van der Waals surface area contributed by atoms with Crippen LogP contribution in [0.25, 0.3) is 20.1 Å². The van der Waals surface area contributed by atoms with Gasteiger partial charge in [-0.2, -0.15) is 0 Å². The lowest BCUT2D eigenvalue weighted by molar-refractivity contribution is 0.0958. The topological polar surface area (TPSA) is 58.1 Å². The predicted molar refractivity (Wildman–Crippen MR) is 120 cm³/mol. The number of aryl methyl sites for hydroxylation is 1. The number of thiophene rings is 1. The number of hydrogen-bond acceptors (Lipinski definition) is 7. The second-order valence-electron chi connectivity index (χ2n) is 6.69. The summed E-state index contributed by atoms with van der Waals surface area (Å²) >= 11 is 4.68. The number of anilines is 1. The van der Waals surface area contributed by atoms with E-state index in [-0.39, 0.29) is 5.91 Å². The molecule has 0 atom stereocenters. The molecule has 28 heavy (non-hydrogen) atoms. The second-order valence-corrected chi connectivity index (χ2v) is 9.58. The zero-order valence-corrected chi connectivity index (χ0v) is 18.3. The molecule has 0 aliphatic heterocycles. The predicted octanol–water partition coefficient (Wildman–Crippen LogP) is 4.83. The van der Waals surface area contributed by atoms with Crippen molar-refractivity contribution in [3.05, 3.63) is 51.8 Å². The van der Waals surface area contributed by atoms with Crippen LogP contribution in [0.4, 0.5) is 5.13 Å². The van der Waals surface area contributed by atoms with Crippen LogP contribution in [0.3, 0.4) is 0 Å². The summed E-state index contributed by atoms with van der Waals surface area (Å²) in [6, 6.07) is 10.3. The maximum absolute atomic E-state index is 12.4. The molecule has 144 valence electrons. The minimum absolute atomic E-state index is 0.0457. The third-order valence-electron chi connectivity index (χ3n) is 4.20. The van der Waals surface area contributed by atoms with Gasteiger partial charge in [-0.25, -0.2) is 9.97 Å². The van der Waals surface area contributed by atoms with Crippen LogP contribution in [-0.4, -0.2) is 36.5 Å². The fourth-order valence-corrected chi connectivity index (χ4v) is 5.58. The molecule has 8 heteroatoms. The lowest BCUT2D eigenvalue weighted by Gasteiger charge is -2.05. The standard InChI is InChI=1S/C20H20N4OS3/c1-12-4-6-13(7-5-12)18-22-14(11-26-18)8-9-21-17(25)15-10-16-19(27-15)23-20(28-16)24(2)3/h4-7,10-11H,8-9H2,1-3H3,(H,21,25). The van der Waals surface area contributed by atoms with Gasteiger partial charge in [-0.15, -0.1) is 22.7 Å². The maximum Gasteiger partial charge on any atom is 0.261 e. The molecule has 3 heterocycles. The van der Waals surface area contributed by atoms with E-state index in [0.29, 0.717) is 11.4 Å². The Kier molecular flexibility index (Phi) is 5.43. The minimum atomic E-state index is -0.0457. The van der Waals surface area contributed by atoms with Gasteiger partial charge in [0.15, 0.2) is 5.13 Å². The smallest absolute Gasteiger partial charge is 0.261 e. The van der Waals surface area contributed by atoms with E-state index < -0.39 is 0 Å². The van der Waals surface area contributed by atoms with E-state index in [1.54, 1.807) is 22.7 Å². The van der Waals surface area contributed by atoms with E-state index in [4.69, 9.17) is 0 Å². The number of carbonyl (C=O) groups is 1. The Balaban J connectivity index is 1.34. The Morgan fingerprint density at radius 3 is 2.64 bits per heavy atom. The zero-order chi connectivity index (χ0) is 19.7. The van der Waals surface area contributed by atoms with Crippen molar-refractivity contribution in [1.29, 1.82) is 0 Å². The van der Waals surface area contributed by atoms with Crippen molar-refractivity contribution in [2.45, 2.75) is 13.3 Å². The number of hydrogen-bond donors (Lipinski definition) is 1. The van der Waals surface area contributed by atoms with Crippen LogP contribution in [0.1, 0.15) is 20.9 Å². The Morgan fingerprint density at radius 2 is 1.93 bits per heavy atom. The van der Waals surface area contributed by atoms with Gasteiger partial charge < -0.3 is 10.2 Å². The average Bonchev–Trinajstić information content (AvgIpc) is 3.36. The number of thiazole rings is 2. The average molecular weight is 429 g/mol. The van der Waals surface area contributed by atoms with Crippen LogP contribution < -0.4 is 10.2 Å². The molecule has 1 aromatic carbocycles. The third kappa shape index (κ3) is 4.09. The number of benzene rings is 1. The van der Waals surface area contributed by atoms with Gasteiger partial charge in [-0.1, -0.05) is 41.2 Å². The summed E-state index contributed by atoms with van der Waals surface area (Å²) in [5.41, 5.74) is 3.38. The first kappa shape index (κ1) is 19.0. The van der Waals surface area contributed by atoms with E-state index in [2.05, 4.69) is 51.9 Å². The highest BCUT2D eigenvalue weighted by Crippen LogP contribution is 2.33. The number of aromatic nitrogens is 2. The number of nitrogens with one attached hydrogen (secondary N) is 1. The van der Waals surface area contributed by atoms with Crippen LogP contribution in [0.5, 0.6) is 0 Å². The molecule has 3 aromatic heterocycles. The molecule has 1 N–H and O–H groups in total. The van der Waals surface area contributed by atoms with E-state index in [0.717, 1.165) is 37.3 Å². The molecule has 0 spiro atoms. The fraction of sp³-hybridized carbons (Fsp3) is 0.250. The monoisotopic (exact) mass is 428 g/mol. The van der Waals surface area contributed by atoms with Crippen LogP contribution in [-0.2, 0) is 6.42 Å². The van der Waals surface area contributed by atoms with Crippen molar-refractivity contribution in [1.82, 2.24) is 15.3 Å². The van der Waals surface area contributed by atoms with Gasteiger partial charge in [-0.05, 0) is 13.0 Å². The van der Waals surface area contributed by atoms with Gasteiger partial charge >= 0.3 is 0 Å². The summed E-state index contributed by atoms with van der Waals surface area (Å²) in [6.07, 6.45) is 0.719. The van der Waals surface area contributed by atoms with Crippen LogP contribution >= 0.6 is 34.0 Å². The molecule has 0 saturated carbocycles. The van der Waals surface area contributed by atoms with E-state index in [1.807, 2.05) is 25.1 Å². The van der Waals surface area contributed by atoms with E-state index >= 15 is 0 Å². The third-order valence-corrected chi connectivity index (χ3v) is 7.47. The van der Waals surface area contributed by atoms with E-state index in [1.165, 1.54) is 16.9 Å². The molecular weight excluding hydrogens is 408 g/mol. The highest BCUT2D eigenvalue weighted by molar-refractivity contribution is 7.29. The van der Waals surface area contributed by atoms with Crippen molar-refractivity contribution < 1.29 is 4.79 Å². The van der Waals surface area contributed by atoms with Crippen molar-refractivity contribution >= 4 is 54.6 Å². The second kappa shape index (κ2) is 7.98. The first-order chi connectivity index (χ1) is 13.5. The number of carbonyl (C=O) groups excluding carboxylic acids is 1. The van der Waals surface area contributed by atoms with Crippen LogP contribution in [0, 0.1) is 6.92 Å². The van der Waals surface area contributed by atoms with Crippen molar-refractivity contribution in [2.75, 3.05) is 25.5 Å². The van der Waals surface area contributed by atoms with Gasteiger partial charge in [0.25, 0.3) is 5.91 Å². The van der Waals surface area contributed by atoms with Crippen molar-refractivity contribution in [3.63, 3.8) is 0 Å². The number of nitrogens with zero attached hydrogens (tertiary/aromatic N) is 3. The van der Waals surface area contributed by atoms with Gasteiger partial charge in [-0.3, -0.25) is 4.79 Å². The van der Waals surface area contributed by atoms with Crippen LogP contribution in [0.2, 0.25) is 0 Å². The molecule has 0 unspecified atom stereocenters. The highest BCUT2D eigenvalue weighted by atomic mass is 32.1. The summed E-state index contributed by atoms with van der Waals surface area (Å²) < 4.78 is 1.06. The molecule has 1 amide bonds. The summed E-state index contributed by atoms with van der Waals surface area (Å²) in [5, 5.41) is 7.03. The lowest BCUT2D eigenvalue weighted by Crippen LogP contribution is -2.24. The molecule has 0 aliphatic carbocycles. The first-order valence-corrected chi connectivity index (χ1v) is 11.4. The molecule has 0 radical (unpaired) electrons. The molecule has 0 saturated heterocycles. The maximum atomic E-state index is 12.4. The quantitative estimate of drug-likeness (QED) is 0.478. The van der Waals surface area contributed by atoms with Gasteiger partial charge in [0, 0.05) is 38.0 Å². The molecule has 5 nitrogen and oxygen atoms in total. The van der Waals surface area contributed by atoms with Crippen molar-refractivity contribution in [3.8, 4) is 10.6 Å². The highest BCUT2D eigenvalue weighted by Gasteiger charge is 2.14. The molecule has 0 bridgehead atoms. The zero-order valence-electron chi connectivity index (χ0n) is 15.9. The Hall–Kier alpha value is -2.29. The first-order valence-electron chi connectivity index (χ1n) is 8.87. The Labute approximate surface area is 175 Å². The fourth-order valence-electron chi connectivity index (χ4n) is 2.67. The number of rotatable bonds is 6. The summed E-state index contributed by atoms with van der Waals surface area (Å²) in [4.78, 5) is 25.3. The lowest BCUT2D eigenvalue weighted by atomic mass is 10.2. The largest absolute Gasteiger partial charge is 0.354 e. The minimum Gasteiger partial charge on any atom is -0.354 e. The summed E-state index contributed by atoms with van der Waals surface area (Å²) in [5.74, 6) is -0.0457. The molecule has 0 aliphatic rings. The van der Waals surface area contributed by atoms with Gasteiger partial charge in [0.1, 0.15) is 9.84 Å². The summed E-state index contributed by atoms with van der Waals surface area (Å²) in [7, 11) is 3.94. The molecular formula is C20H20N4OS3. The SMILES string of the molecule is Cc1ccc(-c2nc(CCNC(=O)c3cc4sc(N(C)C)nc4s3)cs2)cc1. The van der Waals surface area contributed by atoms with Gasteiger partial charge in [0.2, 0.25) is 0 Å². The number of amides is 1. The van der Waals surface area contributed by atoms with Crippen LogP contribution in [0.15, 0.2) is 35.7 Å². The van der Waals surface area contributed by atoms with E-state index in [9.17, 15) is 4.79 Å². The molecule has 4 aromatic rings. The Bertz CT molecular complexity index is 1080. The normalized spacial score (nSPS) is 11.1. The Morgan fingerprint density at radius 1 is 1.14 bits per heavy atom. The number of fused-ring (bicyclic) bond motifs is 1. The van der Waals surface area contributed by atoms with Gasteiger partial charge in [0.05, 0.1) is 15.3 Å². The summed E-state index contributed by atoms with van der Waals surface area (Å²) in [6.45, 7) is 2.64.